The van der Waals surface area contributed by atoms with Crippen molar-refractivity contribution in [2.24, 2.45) is 22.4 Å². The van der Waals surface area contributed by atoms with Crippen LogP contribution >= 0.6 is 0 Å². The second-order valence-electron chi connectivity index (χ2n) is 4.87. The molecule has 2 bridgehead atoms. The maximum atomic E-state index is 8.71. The minimum absolute atomic E-state index is 0.494. The highest BCUT2D eigenvalue weighted by Crippen LogP contribution is 2.54. The van der Waals surface area contributed by atoms with Crippen molar-refractivity contribution in [3.8, 4) is 0 Å². The molecule has 0 aromatic carbocycles. The van der Waals surface area contributed by atoms with Crippen molar-refractivity contribution in [1.82, 2.24) is 0 Å². The number of hydrogen-bond donors (Lipinski definition) is 1. The predicted molar refractivity (Wildman–Crippen MR) is 48.5 cm³/mol. The van der Waals surface area contributed by atoms with E-state index in [2.05, 4.69) is 19.0 Å². The maximum Gasteiger partial charge on any atom is 0.0576 e. The third kappa shape index (κ3) is 0.970. The van der Waals surface area contributed by atoms with Crippen LogP contribution in [0.5, 0.6) is 0 Å². The molecule has 12 heavy (non-hydrogen) atoms. The van der Waals surface area contributed by atoms with Gasteiger partial charge in [0.05, 0.1) is 5.71 Å². The monoisotopic (exact) mass is 167 g/mol. The fraction of sp³-hybridized carbons (Fsp3) is 0.900. The van der Waals surface area contributed by atoms with Gasteiger partial charge in [-0.15, -0.1) is 0 Å². The highest BCUT2D eigenvalue weighted by molar-refractivity contribution is 5.85. The average molecular weight is 167 g/mol. The zero-order valence-electron chi connectivity index (χ0n) is 7.88. The van der Waals surface area contributed by atoms with E-state index in [1.165, 1.54) is 12.8 Å². The Morgan fingerprint density at radius 2 is 1.75 bits per heavy atom. The second-order valence-corrected chi connectivity index (χ2v) is 4.87. The summed E-state index contributed by atoms with van der Waals surface area (Å²) in [5, 5.41) is 12.1. The third-order valence-electron chi connectivity index (χ3n) is 4.07. The predicted octanol–water partition coefficient (Wildman–Crippen LogP) is 2.66. The van der Waals surface area contributed by atoms with Crippen LogP contribution in [0.4, 0.5) is 0 Å². The van der Waals surface area contributed by atoms with Crippen LogP contribution in [0.3, 0.4) is 0 Å². The number of fused-ring (bicyclic) bond motifs is 2. The van der Waals surface area contributed by atoms with Crippen molar-refractivity contribution in [1.29, 1.82) is 0 Å². The van der Waals surface area contributed by atoms with Crippen LogP contribution in [-0.2, 0) is 0 Å². The van der Waals surface area contributed by atoms with E-state index in [9.17, 15) is 0 Å². The highest BCUT2D eigenvalue weighted by Gasteiger charge is 2.47. The largest absolute Gasteiger partial charge is 0.411 e. The van der Waals surface area contributed by atoms with Crippen molar-refractivity contribution >= 4 is 5.71 Å². The molecule has 0 amide bonds. The Kier molecular flexibility index (Phi) is 1.67. The lowest BCUT2D eigenvalue weighted by Crippen LogP contribution is -2.33. The van der Waals surface area contributed by atoms with Gasteiger partial charge in [0.1, 0.15) is 0 Å². The molecule has 1 N–H and O–H groups in total. The van der Waals surface area contributed by atoms with Crippen molar-refractivity contribution in [2.75, 3.05) is 0 Å². The summed E-state index contributed by atoms with van der Waals surface area (Å²) in [6, 6.07) is 0. The Morgan fingerprint density at radius 1 is 1.25 bits per heavy atom. The smallest absolute Gasteiger partial charge is 0.0576 e. The van der Waals surface area contributed by atoms with Crippen molar-refractivity contribution in [2.45, 2.75) is 39.5 Å². The van der Waals surface area contributed by atoms with Gasteiger partial charge in [-0.05, 0) is 42.9 Å². The van der Waals surface area contributed by atoms with Gasteiger partial charge in [0.15, 0.2) is 0 Å². The van der Waals surface area contributed by atoms with E-state index in [1.54, 1.807) is 0 Å². The quantitative estimate of drug-likeness (QED) is 0.436. The Morgan fingerprint density at radius 3 is 2.17 bits per heavy atom. The van der Waals surface area contributed by atoms with Crippen LogP contribution in [0.1, 0.15) is 39.5 Å². The molecule has 0 heterocycles. The van der Waals surface area contributed by atoms with Crippen LogP contribution < -0.4 is 0 Å². The molecule has 2 aliphatic carbocycles. The molecule has 0 aliphatic heterocycles. The Bertz CT molecular complexity index is 202. The molecule has 2 atom stereocenters. The molecule has 2 unspecified atom stereocenters. The van der Waals surface area contributed by atoms with Crippen LogP contribution in [-0.4, -0.2) is 10.9 Å². The number of oxime groups is 1. The second kappa shape index (κ2) is 2.48. The van der Waals surface area contributed by atoms with Crippen LogP contribution in [0.15, 0.2) is 5.16 Å². The fourth-order valence-corrected chi connectivity index (χ4v) is 2.94. The first-order valence-corrected chi connectivity index (χ1v) is 4.84. The maximum absolute atomic E-state index is 8.71. The minimum Gasteiger partial charge on any atom is -0.411 e. The summed E-state index contributed by atoms with van der Waals surface area (Å²) in [6.07, 6.45) is 4.72. The molecule has 0 spiro atoms. The van der Waals surface area contributed by atoms with Gasteiger partial charge in [-0.2, -0.15) is 0 Å². The molecule has 0 radical (unpaired) electrons. The van der Waals surface area contributed by atoms with E-state index in [1.807, 2.05) is 0 Å². The standard InChI is InChI=1S/C10H17NO/c1-10(2)7-3-4-8(10)6-9(5-7)11-12/h7-8,12H,3-6H2,1-2H3. The highest BCUT2D eigenvalue weighted by atomic mass is 16.4. The van der Waals surface area contributed by atoms with E-state index >= 15 is 0 Å². The van der Waals surface area contributed by atoms with Crippen molar-refractivity contribution in [3.63, 3.8) is 0 Å². The zero-order chi connectivity index (χ0) is 8.77. The summed E-state index contributed by atoms with van der Waals surface area (Å²) in [6.45, 7) is 4.73. The van der Waals surface area contributed by atoms with E-state index in [0.717, 1.165) is 30.4 Å². The first kappa shape index (κ1) is 8.09. The molecule has 2 rings (SSSR count). The lowest BCUT2D eigenvalue weighted by atomic mass is 9.67. The normalized spacial score (nSPS) is 38.3. The molecule has 0 aromatic heterocycles. The van der Waals surface area contributed by atoms with Crippen LogP contribution in [0, 0.1) is 17.3 Å². The van der Waals surface area contributed by atoms with Gasteiger partial charge in [-0.3, -0.25) is 0 Å². The summed E-state index contributed by atoms with van der Waals surface area (Å²) in [7, 11) is 0. The number of hydrogen-bond acceptors (Lipinski definition) is 2. The van der Waals surface area contributed by atoms with Gasteiger partial charge in [0, 0.05) is 0 Å². The van der Waals surface area contributed by atoms with E-state index < -0.39 is 0 Å². The molecule has 68 valence electrons. The summed E-state index contributed by atoms with van der Waals surface area (Å²) in [5.41, 5.74) is 1.52. The molecule has 0 aromatic rings. The molecule has 2 heteroatoms. The molecular weight excluding hydrogens is 150 g/mol. The SMILES string of the molecule is CC1(C)C2CCC1CC(=NO)C2. The van der Waals surface area contributed by atoms with Crippen molar-refractivity contribution in [3.05, 3.63) is 0 Å². The van der Waals surface area contributed by atoms with Gasteiger partial charge in [0.2, 0.25) is 0 Å². The molecular formula is C10H17NO. The topological polar surface area (TPSA) is 32.6 Å². The molecule has 2 aliphatic rings. The summed E-state index contributed by atoms with van der Waals surface area (Å²) >= 11 is 0. The molecule has 2 nitrogen and oxygen atoms in total. The van der Waals surface area contributed by atoms with Crippen LogP contribution in [0.25, 0.3) is 0 Å². The third-order valence-corrected chi connectivity index (χ3v) is 4.07. The molecule has 2 fully saturated rings. The average Bonchev–Trinajstić information content (AvgIpc) is 2.29. The Labute approximate surface area is 73.7 Å². The number of nitrogens with zero attached hydrogens (tertiary/aromatic N) is 1. The first-order chi connectivity index (χ1) is 5.64. The molecule has 0 saturated heterocycles. The van der Waals surface area contributed by atoms with Gasteiger partial charge < -0.3 is 5.21 Å². The number of rotatable bonds is 0. The Balaban J connectivity index is 2.22. The fourth-order valence-electron chi connectivity index (χ4n) is 2.94. The zero-order valence-corrected chi connectivity index (χ0v) is 7.88. The van der Waals surface area contributed by atoms with Gasteiger partial charge in [0.25, 0.3) is 0 Å². The van der Waals surface area contributed by atoms with Gasteiger partial charge in [-0.25, -0.2) is 0 Å². The lowest BCUT2D eigenvalue weighted by Gasteiger charge is -2.37. The van der Waals surface area contributed by atoms with E-state index in [0.29, 0.717) is 5.41 Å². The summed E-state index contributed by atoms with van der Waals surface area (Å²) < 4.78 is 0. The van der Waals surface area contributed by atoms with Gasteiger partial charge >= 0.3 is 0 Å². The van der Waals surface area contributed by atoms with Crippen molar-refractivity contribution < 1.29 is 5.21 Å². The lowest BCUT2D eigenvalue weighted by molar-refractivity contribution is 0.171. The van der Waals surface area contributed by atoms with Crippen LogP contribution in [0.2, 0.25) is 0 Å². The van der Waals surface area contributed by atoms with Gasteiger partial charge in [-0.1, -0.05) is 19.0 Å². The Hall–Kier alpha value is -0.530. The molecule has 2 saturated carbocycles. The van der Waals surface area contributed by atoms with E-state index in [-0.39, 0.29) is 0 Å². The van der Waals surface area contributed by atoms with E-state index in [4.69, 9.17) is 5.21 Å². The summed E-state index contributed by atoms with van der Waals surface area (Å²) in [4.78, 5) is 0. The first-order valence-electron chi connectivity index (χ1n) is 4.84. The minimum atomic E-state index is 0.494. The summed E-state index contributed by atoms with van der Waals surface area (Å²) in [5.74, 6) is 1.53.